The first-order chi connectivity index (χ1) is 8.94. The first-order valence-corrected chi connectivity index (χ1v) is 7.06. The van der Waals surface area contributed by atoms with Crippen molar-refractivity contribution in [3.8, 4) is 0 Å². The van der Waals surface area contributed by atoms with Gasteiger partial charge in [0.15, 0.2) is 0 Å². The van der Waals surface area contributed by atoms with E-state index in [4.69, 9.17) is 9.31 Å². The quantitative estimate of drug-likeness (QED) is 0.853. The fourth-order valence-corrected chi connectivity index (χ4v) is 1.99. The maximum Gasteiger partial charge on any atom is 0.498 e. The summed E-state index contributed by atoms with van der Waals surface area (Å²) in [5.41, 5.74) is -0.678. The summed E-state index contributed by atoms with van der Waals surface area (Å²) in [5.74, 6) is 0. The SMILES string of the molecule is CC(n1cc(B2OC(C)(C)C(C)(C)O2)cn1)C(C)(C)O. The molecule has 20 heavy (non-hydrogen) atoms. The van der Waals surface area contributed by atoms with Crippen molar-refractivity contribution in [3.05, 3.63) is 12.4 Å². The van der Waals surface area contributed by atoms with E-state index >= 15 is 0 Å². The van der Waals surface area contributed by atoms with Crippen LogP contribution in [0.15, 0.2) is 12.4 Å². The van der Waals surface area contributed by atoms with Crippen molar-refractivity contribution < 1.29 is 14.4 Å². The summed E-state index contributed by atoms with van der Waals surface area (Å²) in [6.07, 6.45) is 3.62. The Hall–Kier alpha value is -0.845. The Morgan fingerprint density at radius 3 is 2.20 bits per heavy atom. The van der Waals surface area contributed by atoms with E-state index in [9.17, 15) is 5.11 Å². The van der Waals surface area contributed by atoms with E-state index < -0.39 is 12.7 Å². The topological polar surface area (TPSA) is 56.5 Å². The van der Waals surface area contributed by atoms with Gasteiger partial charge >= 0.3 is 7.12 Å². The molecule has 1 atom stereocenters. The average Bonchev–Trinajstić information content (AvgIpc) is 2.80. The van der Waals surface area contributed by atoms with E-state index in [1.807, 2.05) is 40.8 Å². The molecule has 1 unspecified atom stereocenters. The van der Waals surface area contributed by atoms with Crippen LogP contribution in [0.2, 0.25) is 0 Å². The molecule has 1 fully saturated rings. The van der Waals surface area contributed by atoms with E-state index in [1.54, 1.807) is 24.7 Å². The van der Waals surface area contributed by atoms with Gasteiger partial charge in [-0.1, -0.05) is 0 Å². The van der Waals surface area contributed by atoms with Crippen LogP contribution in [0.4, 0.5) is 0 Å². The molecule has 0 spiro atoms. The van der Waals surface area contributed by atoms with Gasteiger partial charge in [-0.2, -0.15) is 5.10 Å². The second-order valence-electron chi connectivity index (χ2n) is 7.17. The number of nitrogens with zero attached hydrogens (tertiary/aromatic N) is 2. The average molecular weight is 280 g/mol. The van der Waals surface area contributed by atoms with Crippen molar-refractivity contribution in [2.75, 3.05) is 0 Å². The van der Waals surface area contributed by atoms with Gasteiger partial charge in [0.25, 0.3) is 0 Å². The minimum atomic E-state index is -0.834. The molecule has 6 heteroatoms. The Labute approximate surface area is 121 Å². The molecular formula is C14H25BN2O3. The van der Waals surface area contributed by atoms with Gasteiger partial charge in [-0.25, -0.2) is 0 Å². The Morgan fingerprint density at radius 2 is 1.75 bits per heavy atom. The second-order valence-corrected chi connectivity index (χ2v) is 7.17. The molecule has 1 N–H and O–H groups in total. The fourth-order valence-electron chi connectivity index (χ4n) is 1.99. The summed E-state index contributed by atoms with van der Waals surface area (Å²) in [7, 11) is -0.414. The highest BCUT2D eigenvalue weighted by molar-refractivity contribution is 6.61. The third-order valence-electron chi connectivity index (χ3n) is 4.57. The first kappa shape index (κ1) is 15.5. The van der Waals surface area contributed by atoms with E-state index in [-0.39, 0.29) is 17.2 Å². The number of hydrogen-bond donors (Lipinski definition) is 1. The minimum absolute atomic E-state index is 0.126. The lowest BCUT2D eigenvalue weighted by atomic mass is 9.82. The molecule has 0 saturated carbocycles. The molecule has 0 bridgehead atoms. The van der Waals surface area contributed by atoms with Gasteiger partial charge in [-0.05, 0) is 48.5 Å². The molecule has 1 aliphatic heterocycles. The maximum absolute atomic E-state index is 10.1. The Morgan fingerprint density at radius 1 is 1.25 bits per heavy atom. The van der Waals surface area contributed by atoms with Crippen molar-refractivity contribution in [2.45, 2.75) is 71.3 Å². The lowest BCUT2D eigenvalue weighted by Gasteiger charge is -2.32. The van der Waals surface area contributed by atoms with Crippen molar-refractivity contribution in [1.82, 2.24) is 9.78 Å². The van der Waals surface area contributed by atoms with Crippen LogP contribution in [0.3, 0.4) is 0 Å². The van der Waals surface area contributed by atoms with Gasteiger partial charge in [0.05, 0.1) is 22.8 Å². The van der Waals surface area contributed by atoms with Crippen LogP contribution in [-0.2, 0) is 9.31 Å². The monoisotopic (exact) mass is 280 g/mol. The molecule has 1 aromatic heterocycles. The first-order valence-electron chi connectivity index (χ1n) is 7.06. The summed E-state index contributed by atoms with van der Waals surface area (Å²) < 4.78 is 13.7. The largest absolute Gasteiger partial charge is 0.498 e. The summed E-state index contributed by atoms with van der Waals surface area (Å²) in [5, 5.41) is 14.4. The van der Waals surface area contributed by atoms with Crippen molar-refractivity contribution in [1.29, 1.82) is 0 Å². The zero-order valence-electron chi connectivity index (χ0n) is 13.5. The smallest absolute Gasteiger partial charge is 0.399 e. The van der Waals surface area contributed by atoms with Crippen molar-refractivity contribution >= 4 is 12.6 Å². The third kappa shape index (κ3) is 2.64. The molecule has 1 aliphatic rings. The number of hydrogen-bond acceptors (Lipinski definition) is 4. The van der Waals surface area contributed by atoms with Gasteiger partial charge in [0, 0.05) is 17.9 Å². The third-order valence-corrected chi connectivity index (χ3v) is 4.57. The van der Waals surface area contributed by atoms with Crippen molar-refractivity contribution in [2.24, 2.45) is 0 Å². The van der Waals surface area contributed by atoms with Gasteiger partial charge in [-0.3, -0.25) is 4.68 Å². The van der Waals surface area contributed by atoms with Gasteiger partial charge in [0.1, 0.15) is 0 Å². The molecule has 112 valence electrons. The van der Waals surface area contributed by atoms with Crippen LogP contribution in [-0.4, -0.2) is 38.8 Å². The summed E-state index contributed by atoms with van der Waals surface area (Å²) in [6.45, 7) is 13.6. The van der Waals surface area contributed by atoms with Crippen LogP contribution in [0.1, 0.15) is 54.5 Å². The molecule has 0 amide bonds. The van der Waals surface area contributed by atoms with Gasteiger partial charge < -0.3 is 14.4 Å². The summed E-state index contributed by atoms with van der Waals surface area (Å²) in [6, 6.07) is -0.126. The van der Waals surface area contributed by atoms with Gasteiger partial charge in [0.2, 0.25) is 0 Å². The standard InChI is InChI=1S/C14H25BN2O3/c1-10(12(2,3)18)17-9-11(8-16-17)15-19-13(4,5)14(6,7)20-15/h8-10,18H,1-7H3. The van der Waals surface area contributed by atoms with Crippen LogP contribution >= 0.6 is 0 Å². The molecule has 1 aromatic rings. The van der Waals surface area contributed by atoms with E-state index in [0.717, 1.165) is 5.46 Å². The van der Waals surface area contributed by atoms with Crippen LogP contribution in [0, 0.1) is 0 Å². The maximum atomic E-state index is 10.1. The van der Waals surface area contributed by atoms with E-state index in [2.05, 4.69) is 5.10 Å². The van der Waals surface area contributed by atoms with E-state index in [1.165, 1.54) is 0 Å². The zero-order valence-corrected chi connectivity index (χ0v) is 13.5. The van der Waals surface area contributed by atoms with Crippen LogP contribution < -0.4 is 5.46 Å². The molecule has 2 rings (SSSR count). The number of aliphatic hydroxyl groups is 1. The highest BCUT2D eigenvalue weighted by Gasteiger charge is 2.52. The molecule has 0 aliphatic carbocycles. The lowest BCUT2D eigenvalue weighted by Crippen LogP contribution is -2.41. The van der Waals surface area contributed by atoms with E-state index in [0.29, 0.717) is 0 Å². The highest BCUT2D eigenvalue weighted by atomic mass is 16.7. The number of aromatic nitrogens is 2. The predicted molar refractivity (Wildman–Crippen MR) is 79.0 cm³/mol. The fraction of sp³-hybridized carbons (Fsp3) is 0.786. The Balaban J connectivity index is 2.19. The van der Waals surface area contributed by atoms with Crippen LogP contribution in [0.25, 0.3) is 0 Å². The van der Waals surface area contributed by atoms with Crippen molar-refractivity contribution in [3.63, 3.8) is 0 Å². The molecule has 0 radical (unpaired) electrons. The summed E-state index contributed by atoms with van der Waals surface area (Å²) in [4.78, 5) is 0. The zero-order chi connectivity index (χ0) is 15.3. The van der Waals surface area contributed by atoms with Crippen LogP contribution in [0.5, 0.6) is 0 Å². The summed E-state index contributed by atoms with van der Waals surface area (Å²) >= 11 is 0. The predicted octanol–water partition coefficient (Wildman–Crippen LogP) is 1.51. The Bertz CT molecular complexity index is 475. The molecular weight excluding hydrogens is 255 g/mol. The normalized spacial score (nSPS) is 23.1. The highest BCUT2D eigenvalue weighted by Crippen LogP contribution is 2.36. The Kier molecular flexibility index (Phi) is 3.56. The minimum Gasteiger partial charge on any atom is -0.399 e. The van der Waals surface area contributed by atoms with Gasteiger partial charge in [-0.15, -0.1) is 0 Å². The molecule has 5 nitrogen and oxygen atoms in total. The lowest BCUT2D eigenvalue weighted by molar-refractivity contribution is 0.00578. The molecule has 1 saturated heterocycles. The second kappa shape index (κ2) is 4.58. The molecule has 0 aromatic carbocycles. The number of rotatable bonds is 3. The molecule has 2 heterocycles.